The highest BCUT2D eigenvalue weighted by molar-refractivity contribution is 6.07. The number of benzene rings is 3. The standard InChI is InChI=1S/C28H29NO5/c30-27(29-26-11-7-6-10-25(26)28(31)32)20-12-14-22(15-13-20)34-24-18-16-23(17-19-24)33-21-8-4-2-1-3-5-9-21/h6-7,10-19,21H,1-5,8-9H2,(H,29,30)(H,31,32). The number of carbonyl (C=O) groups excluding carboxylic acids is 1. The third kappa shape index (κ3) is 6.38. The van der Waals surface area contributed by atoms with Gasteiger partial charge in [0.2, 0.25) is 0 Å². The van der Waals surface area contributed by atoms with Crippen molar-refractivity contribution in [1.29, 1.82) is 0 Å². The van der Waals surface area contributed by atoms with Crippen LogP contribution in [0.4, 0.5) is 5.69 Å². The molecular weight excluding hydrogens is 430 g/mol. The molecule has 1 saturated carbocycles. The van der Waals surface area contributed by atoms with Gasteiger partial charge in [0.15, 0.2) is 0 Å². The molecule has 1 aliphatic rings. The zero-order chi connectivity index (χ0) is 23.8. The number of carboxylic acid groups (broad SMARTS) is 1. The van der Waals surface area contributed by atoms with E-state index in [4.69, 9.17) is 9.47 Å². The van der Waals surface area contributed by atoms with Gasteiger partial charge in [0, 0.05) is 5.56 Å². The Labute approximate surface area is 199 Å². The Hall–Kier alpha value is -3.80. The van der Waals surface area contributed by atoms with Crippen LogP contribution < -0.4 is 14.8 Å². The first-order valence-electron chi connectivity index (χ1n) is 11.8. The van der Waals surface area contributed by atoms with Gasteiger partial charge in [0.05, 0.1) is 17.4 Å². The number of anilines is 1. The number of aromatic carboxylic acids is 1. The molecule has 2 N–H and O–H groups in total. The molecule has 0 aliphatic heterocycles. The van der Waals surface area contributed by atoms with Crippen molar-refractivity contribution in [2.75, 3.05) is 5.32 Å². The minimum Gasteiger partial charge on any atom is -0.490 e. The van der Waals surface area contributed by atoms with Crippen LogP contribution in [0.1, 0.15) is 65.7 Å². The van der Waals surface area contributed by atoms with E-state index in [1.165, 1.54) is 38.2 Å². The number of hydrogen-bond acceptors (Lipinski definition) is 4. The summed E-state index contributed by atoms with van der Waals surface area (Å²) in [6.07, 6.45) is 8.89. The van der Waals surface area contributed by atoms with Gasteiger partial charge in [-0.3, -0.25) is 4.79 Å². The Balaban J connectivity index is 1.33. The smallest absolute Gasteiger partial charge is 0.337 e. The summed E-state index contributed by atoms with van der Waals surface area (Å²) in [5.41, 5.74) is 0.690. The quantitative estimate of drug-likeness (QED) is 0.400. The fraction of sp³-hybridized carbons (Fsp3) is 0.286. The molecule has 1 aliphatic carbocycles. The van der Waals surface area contributed by atoms with Crippen molar-refractivity contribution in [1.82, 2.24) is 0 Å². The van der Waals surface area contributed by atoms with Gasteiger partial charge in [-0.15, -0.1) is 0 Å². The first-order chi connectivity index (χ1) is 16.6. The van der Waals surface area contributed by atoms with Crippen LogP contribution >= 0.6 is 0 Å². The molecule has 6 nitrogen and oxygen atoms in total. The summed E-state index contributed by atoms with van der Waals surface area (Å²) in [5.74, 6) is 0.636. The van der Waals surface area contributed by atoms with Crippen LogP contribution in [-0.2, 0) is 0 Å². The van der Waals surface area contributed by atoms with E-state index < -0.39 is 11.9 Å². The lowest BCUT2D eigenvalue weighted by Crippen LogP contribution is -2.17. The van der Waals surface area contributed by atoms with Crippen molar-refractivity contribution >= 4 is 17.6 Å². The van der Waals surface area contributed by atoms with Crippen LogP contribution in [-0.4, -0.2) is 23.1 Å². The Bertz CT molecular complexity index is 1100. The van der Waals surface area contributed by atoms with Gasteiger partial charge in [-0.2, -0.15) is 0 Å². The third-order valence-corrected chi connectivity index (χ3v) is 5.94. The van der Waals surface area contributed by atoms with Crippen LogP contribution in [0.3, 0.4) is 0 Å². The molecule has 1 fully saturated rings. The van der Waals surface area contributed by atoms with E-state index in [2.05, 4.69) is 5.32 Å². The lowest BCUT2D eigenvalue weighted by atomic mass is 9.98. The van der Waals surface area contributed by atoms with Crippen LogP contribution in [0, 0.1) is 0 Å². The van der Waals surface area contributed by atoms with Gasteiger partial charge in [-0.1, -0.05) is 31.4 Å². The summed E-state index contributed by atoms with van der Waals surface area (Å²) in [7, 11) is 0. The Morgan fingerprint density at radius 3 is 1.94 bits per heavy atom. The number of carbonyl (C=O) groups is 2. The van der Waals surface area contributed by atoms with Gasteiger partial charge in [0.25, 0.3) is 5.91 Å². The monoisotopic (exact) mass is 459 g/mol. The molecule has 0 spiro atoms. The molecule has 34 heavy (non-hydrogen) atoms. The number of rotatable bonds is 7. The van der Waals surface area contributed by atoms with Gasteiger partial charge >= 0.3 is 5.97 Å². The molecule has 0 unspecified atom stereocenters. The number of amides is 1. The topological polar surface area (TPSA) is 84.9 Å². The molecule has 0 heterocycles. The molecule has 6 heteroatoms. The van der Waals surface area contributed by atoms with Crippen LogP contribution in [0.5, 0.6) is 17.2 Å². The van der Waals surface area contributed by atoms with E-state index in [-0.39, 0.29) is 17.4 Å². The van der Waals surface area contributed by atoms with Crippen LogP contribution in [0.25, 0.3) is 0 Å². The van der Waals surface area contributed by atoms with E-state index in [1.807, 2.05) is 24.3 Å². The minimum atomic E-state index is -1.10. The van der Waals surface area contributed by atoms with E-state index in [0.29, 0.717) is 17.1 Å². The van der Waals surface area contributed by atoms with E-state index in [0.717, 1.165) is 18.6 Å². The summed E-state index contributed by atoms with van der Waals surface area (Å²) < 4.78 is 12.1. The second-order valence-corrected chi connectivity index (χ2v) is 8.49. The number of ether oxygens (including phenoxy) is 2. The number of nitrogens with one attached hydrogen (secondary N) is 1. The van der Waals surface area contributed by atoms with Crippen LogP contribution in [0.15, 0.2) is 72.8 Å². The van der Waals surface area contributed by atoms with Crippen molar-refractivity contribution < 1.29 is 24.2 Å². The largest absolute Gasteiger partial charge is 0.490 e. The summed E-state index contributed by atoms with van der Waals surface area (Å²) in [4.78, 5) is 23.9. The molecule has 0 bridgehead atoms. The van der Waals surface area contributed by atoms with Gasteiger partial charge in [-0.25, -0.2) is 4.79 Å². The molecule has 4 rings (SSSR count). The molecular formula is C28H29NO5. The predicted molar refractivity (Wildman–Crippen MR) is 131 cm³/mol. The molecule has 0 aromatic heterocycles. The Morgan fingerprint density at radius 1 is 0.735 bits per heavy atom. The highest BCUT2D eigenvalue weighted by atomic mass is 16.5. The maximum absolute atomic E-state index is 12.5. The van der Waals surface area contributed by atoms with Crippen molar-refractivity contribution in [2.45, 2.75) is 51.0 Å². The molecule has 3 aromatic rings. The average molecular weight is 460 g/mol. The fourth-order valence-corrected chi connectivity index (χ4v) is 4.10. The average Bonchev–Trinajstić information content (AvgIpc) is 2.82. The second kappa shape index (κ2) is 11.4. The number of hydrogen-bond donors (Lipinski definition) is 2. The molecule has 0 radical (unpaired) electrons. The molecule has 0 atom stereocenters. The van der Waals surface area contributed by atoms with Crippen LogP contribution in [0.2, 0.25) is 0 Å². The number of carboxylic acids is 1. The first-order valence-corrected chi connectivity index (χ1v) is 11.8. The predicted octanol–water partition coefficient (Wildman–Crippen LogP) is 6.92. The van der Waals surface area contributed by atoms with Gasteiger partial charge in [-0.05, 0) is 86.3 Å². The summed E-state index contributed by atoms with van der Waals surface area (Å²) in [6.45, 7) is 0. The Morgan fingerprint density at radius 2 is 1.29 bits per heavy atom. The van der Waals surface area contributed by atoms with Crippen molar-refractivity contribution in [2.24, 2.45) is 0 Å². The molecule has 3 aromatic carbocycles. The highest BCUT2D eigenvalue weighted by Crippen LogP contribution is 2.27. The van der Waals surface area contributed by atoms with E-state index in [1.54, 1.807) is 42.5 Å². The number of para-hydroxylation sites is 1. The maximum atomic E-state index is 12.5. The van der Waals surface area contributed by atoms with Crippen molar-refractivity contribution in [3.8, 4) is 17.2 Å². The van der Waals surface area contributed by atoms with Gasteiger partial charge in [0.1, 0.15) is 17.2 Å². The Kier molecular flexibility index (Phi) is 7.81. The summed E-state index contributed by atoms with van der Waals surface area (Å²) in [6, 6.07) is 20.6. The first kappa shape index (κ1) is 23.4. The zero-order valence-corrected chi connectivity index (χ0v) is 19.0. The zero-order valence-electron chi connectivity index (χ0n) is 19.0. The normalized spacial score (nSPS) is 14.5. The van der Waals surface area contributed by atoms with Gasteiger partial charge < -0.3 is 19.9 Å². The van der Waals surface area contributed by atoms with Crippen molar-refractivity contribution in [3.05, 3.63) is 83.9 Å². The maximum Gasteiger partial charge on any atom is 0.337 e. The molecule has 1 amide bonds. The minimum absolute atomic E-state index is 0.0396. The van der Waals surface area contributed by atoms with E-state index >= 15 is 0 Å². The SMILES string of the molecule is O=C(Nc1ccccc1C(=O)O)c1ccc(Oc2ccc(OC3CCCCCCC3)cc2)cc1. The van der Waals surface area contributed by atoms with E-state index in [9.17, 15) is 14.7 Å². The fourth-order valence-electron chi connectivity index (χ4n) is 4.10. The molecule has 0 saturated heterocycles. The summed E-state index contributed by atoms with van der Waals surface area (Å²) in [5, 5.41) is 11.9. The summed E-state index contributed by atoms with van der Waals surface area (Å²) >= 11 is 0. The third-order valence-electron chi connectivity index (χ3n) is 5.94. The lowest BCUT2D eigenvalue weighted by molar-refractivity contribution is 0.0698. The molecule has 176 valence electrons. The van der Waals surface area contributed by atoms with Crippen molar-refractivity contribution in [3.63, 3.8) is 0 Å². The lowest BCUT2D eigenvalue weighted by Gasteiger charge is -2.21. The highest BCUT2D eigenvalue weighted by Gasteiger charge is 2.14. The second-order valence-electron chi connectivity index (χ2n) is 8.49.